The number of urea groups is 1. The monoisotopic (exact) mass is 934 g/mol. The van der Waals surface area contributed by atoms with E-state index in [1.807, 2.05) is 38.5 Å². The Morgan fingerprint density at radius 1 is 0.809 bits per heavy atom. The van der Waals surface area contributed by atoms with Crippen molar-refractivity contribution in [3.8, 4) is 22.6 Å². The van der Waals surface area contributed by atoms with Gasteiger partial charge in [-0.3, -0.25) is 39.1 Å². The van der Waals surface area contributed by atoms with Gasteiger partial charge in [-0.25, -0.2) is 4.79 Å². The van der Waals surface area contributed by atoms with Gasteiger partial charge in [-0.15, -0.1) is 0 Å². The fourth-order valence-corrected chi connectivity index (χ4v) is 11.7. The number of nitrogens with zero attached hydrogens (tertiary/aromatic N) is 7. The number of rotatable bonds is 14. The summed E-state index contributed by atoms with van der Waals surface area (Å²) in [4.78, 5) is 89.9. The Bertz CT molecular complexity index is 2490. The largest absolute Gasteiger partial charge is 0.496 e. The SMILES string of the molecule is COc1cc(-c2cn(C)c(=O)c3c2CCN(C(=O)NCC2CC4(CCN(CCCCN5CCN(c6ccc7c(c6)C(=O)N(C6CCC(=O)NC6=O)C7=O)CC5)CC4)C2)C3)cc(OC)c1CN(C)C. The van der Waals surface area contributed by atoms with Crippen molar-refractivity contribution in [1.29, 1.82) is 0 Å². The number of aromatic nitrogens is 1. The van der Waals surface area contributed by atoms with Crippen molar-refractivity contribution < 1.29 is 33.4 Å². The summed E-state index contributed by atoms with van der Waals surface area (Å²) in [7, 11) is 9.10. The molecule has 1 atom stereocenters. The van der Waals surface area contributed by atoms with Crippen LogP contribution in [0.3, 0.4) is 0 Å². The van der Waals surface area contributed by atoms with Gasteiger partial charge in [0.05, 0.1) is 37.5 Å². The first-order valence-corrected chi connectivity index (χ1v) is 24.4. The number of aryl methyl sites for hydroxylation is 1. The van der Waals surface area contributed by atoms with Crippen LogP contribution in [-0.2, 0) is 36.1 Å². The Labute approximate surface area is 398 Å². The van der Waals surface area contributed by atoms with E-state index < -0.39 is 23.8 Å². The highest BCUT2D eigenvalue weighted by Gasteiger charge is 2.46. The Hall–Kier alpha value is -5.78. The minimum atomic E-state index is -0.966. The van der Waals surface area contributed by atoms with E-state index in [-0.39, 0.29) is 36.9 Å². The molecule has 2 N–H and O–H groups in total. The van der Waals surface area contributed by atoms with Gasteiger partial charge < -0.3 is 39.0 Å². The predicted octanol–water partition coefficient (Wildman–Crippen LogP) is 3.69. The fraction of sp³-hybridized carbons (Fsp3) is 0.569. The van der Waals surface area contributed by atoms with Gasteiger partial charge in [0.2, 0.25) is 11.8 Å². The van der Waals surface area contributed by atoms with Gasteiger partial charge in [-0.05, 0) is 144 Å². The normalized spacial score (nSPS) is 21.0. The quantitative estimate of drug-likeness (QED) is 0.178. The number of hydrogen-bond acceptors (Lipinski definition) is 12. The Morgan fingerprint density at radius 3 is 2.12 bits per heavy atom. The average molecular weight is 934 g/mol. The van der Waals surface area contributed by atoms with Crippen LogP contribution in [0.15, 0.2) is 41.3 Å². The van der Waals surface area contributed by atoms with Crippen LogP contribution in [0.4, 0.5) is 10.5 Å². The van der Waals surface area contributed by atoms with Crippen molar-refractivity contribution in [2.24, 2.45) is 18.4 Å². The number of carbonyl (C=O) groups excluding carboxylic acids is 5. The van der Waals surface area contributed by atoms with E-state index in [1.165, 1.54) is 12.8 Å². The van der Waals surface area contributed by atoms with Gasteiger partial charge in [0.25, 0.3) is 17.4 Å². The summed E-state index contributed by atoms with van der Waals surface area (Å²) in [5, 5.41) is 5.48. The lowest BCUT2D eigenvalue weighted by Gasteiger charge is -2.52. The summed E-state index contributed by atoms with van der Waals surface area (Å²) >= 11 is 0. The molecule has 9 rings (SSSR count). The van der Waals surface area contributed by atoms with Gasteiger partial charge >= 0.3 is 6.03 Å². The molecule has 17 heteroatoms. The summed E-state index contributed by atoms with van der Waals surface area (Å²) in [6, 6.07) is 8.33. The van der Waals surface area contributed by atoms with E-state index in [2.05, 4.69) is 30.2 Å². The number of fused-ring (bicyclic) bond motifs is 2. The van der Waals surface area contributed by atoms with Crippen LogP contribution in [0, 0.1) is 11.3 Å². The molecule has 1 aromatic heterocycles. The van der Waals surface area contributed by atoms with Crippen molar-refractivity contribution in [3.63, 3.8) is 0 Å². The van der Waals surface area contributed by atoms with Crippen LogP contribution in [0.25, 0.3) is 11.1 Å². The summed E-state index contributed by atoms with van der Waals surface area (Å²) in [6.07, 6.45) is 9.74. The molecule has 1 unspecified atom stereocenters. The molecule has 1 aliphatic carbocycles. The minimum Gasteiger partial charge on any atom is -0.496 e. The number of pyridine rings is 1. The smallest absolute Gasteiger partial charge is 0.317 e. The second-order valence-corrected chi connectivity index (χ2v) is 20.2. The molecule has 1 spiro atoms. The Morgan fingerprint density at radius 2 is 1.47 bits per heavy atom. The lowest BCUT2D eigenvalue weighted by atomic mass is 9.57. The third kappa shape index (κ3) is 9.48. The Balaban J connectivity index is 0.676. The molecule has 6 amide bonds. The first-order chi connectivity index (χ1) is 32.7. The molecule has 17 nitrogen and oxygen atoms in total. The van der Waals surface area contributed by atoms with Gasteiger partial charge in [0.1, 0.15) is 17.5 Å². The number of amides is 6. The molecule has 0 radical (unpaired) electrons. The third-order valence-corrected chi connectivity index (χ3v) is 15.5. The molecular formula is C51H67N9O8. The summed E-state index contributed by atoms with van der Waals surface area (Å²) in [6.45, 7) is 10.1. The van der Waals surface area contributed by atoms with Gasteiger partial charge in [0.15, 0.2) is 0 Å². The summed E-state index contributed by atoms with van der Waals surface area (Å²) in [5.41, 5.74) is 6.30. The van der Waals surface area contributed by atoms with Crippen LogP contribution in [0.5, 0.6) is 11.5 Å². The van der Waals surface area contributed by atoms with Crippen LogP contribution < -0.4 is 30.6 Å². The molecule has 68 heavy (non-hydrogen) atoms. The fourth-order valence-electron chi connectivity index (χ4n) is 11.7. The maximum Gasteiger partial charge on any atom is 0.317 e. The molecule has 6 heterocycles. The van der Waals surface area contributed by atoms with E-state index in [4.69, 9.17) is 9.47 Å². The number of piperazine rings is 1. The lowest BCUT2D eigenvalue weighted by Crippen LogP contribution is -2.54. The van der Waals surface area contributed by atoms with Crippen LogP contribution in [-0.4, -0.2) is 159 Å². The number of methoxy groups -OCH3 is 2. The zero-order valence-electron chi connectivity index (χ0n) is 40.4. The van der Waals surface area contributed by atoms with Gasteiger partial charge in [-0.1, -0.05) is 0 Å². The minimum absolute atomic E-state index is 0.0782. The molecule has 4 fully saturated rings. The first-order valence-electron chi connectivity index (χ1n) is 24.4. The average Bonchev–Trinajstić information content (AvgIpc) is 3.57. The highest BCUT2D eigenvalue weighted by atomic mass is 16.5. The van der Waals surface area contributed by atoms with Gasteiger partial charge in [-0.2, -0.15) is 0 Å². The van der Waals surface area contributed by atoms with E-state index in [9.17, 15) is 28.8 Å². The number of unbranched alkanes of at least 4 members (excludes halogenated alkanes) is 1. The van der Waals surface area contributed by atoms with E-state index in [0.29, 0.717) is 54.1 Å². The number of hydrogen-bond donors (Lipinski definition) is 2. The van der Waals surface area contributed by atoms with Crippen molar-refractivity contribution >= 4 is 35.3 Å². The standard InChI is InChI=1S/C51H67N9O8/c1-54(2)30-41-43(67-4)24-34(25-44(41)68-5)39-31-55(3)47(63)40-32-59(17-12-36(39)40)50(66)52-29-33-27-51(28-33)13-18-56(19-14-51)15-6-7-16-57-20-22-58(23-21-57)35-8-9-37-38(26-35)49(65)60(48(37)64)42-10-11-45(61)53-46(42)62/h8-9,24-26,31,33,42H,6-7,10-23,27-30,32H2,1-5H3,(H,52,66)(H,53,61,62). The molecule has 364 valence electrons. The number of ether oxygens (including phenoxy) is 2. The molecule has 3 aromatic rings. The molecule has 1 saturated carbocycles. The number of likely N-dealkylation sites (tertiary alicyclic amines) is 1. The number of imide groups is 2. The van der Waals surface area contributed by atoms with E-state index >= 15 is 0 Å². The highest BCUT2D eigenvalue weighted by molar-refractivity contribution is 6.23. The molecule has 5 aliphatic heterocycles. The van der Waals surface area contributed by atoms with Crippen LogP contribution in [0.2, 0.25) is 0 Å². The number of carbonyl (C=O) groups is 5. The number of benzene rings is 2. The maximum atomic E-state index is 13.5. The van der Waals surface area contributed by atoms with Crippen LogP contribution >= 0.6 is 0 Å². The van der Waals surface area contributed by atoms with Crippen molar-refractivity contribution in [2.45, 2.75) is 76.9 Å². The zero-order valence-corrected chi connectivity index (χ0v) is 40.4. The highest BCUT2D eigenvalue weighted by Crippen LogP contribution is 2.52. The molecule has 2 aromatic carbocycles. The van der Waals surface area contributed by atoms with Crippen molar-refractivity contribution in [1.82, 2.24) is 39.7 Å². The van der Waals surface area contributed by atoms with Crippen molar-refractivity contribution in [3.05, 3.63) is 74.7 Å². The second-order valence-electron chi connectivity index (χ2n) is 20.2. The second kappa shape index (κ2) is 19.7. The number of piperidine rings is 2. The van der Waals surface area contributed by atoms with E-state index in [1.54, 1.807) is 42.9 Å². The van der Waals surface area contributed by atoms with Crippen LogP contribution in [0.1, 0.15) is 88.8 Å². The zero-order chi connectivity index (χ0) is 47.9. The number of anilines is 1. The van der Waals surface area contributed by atoms with E-state index in [0.717, 1.165) is 122 Å². The molecule has 0 bridgehead atoms. The molecule has 6 aliphatic rings. The molecular weight excluding hydrogens is 867 g/mol. The third-order valence-electron chi connectivity index (χ3n) is 15.5. The van der Waals surface area contributed by atoms with Gasteiger partial charge in [0, 0.05) is 82.3 Å². The maximum absolute atomic E-state index is 13.5. The predicted molar refractivity (Wildman–Crippen MR) is 257 cm³/mol. The number of nitrogens with one attached hydrogen (secondary N) is 2. The summed E-state index contributed by atoms with van der Waals surface area (Å²) < 4.78 is 13.2. The Kier molecular flexibility index (Phi) is 13.7. The summed E-state index contributed by atoms with van der Waals surface area (Å²) in [5.74, 6) is -0.00286. The topological polar surface area (TPSA) is 169 Å². The van der Waals surface area contributed by atoms with Crippen molar-refractivity contribution in [2.75, 3.05) is 98.7 Å². The first kappa shape index (κ1) is 47.3. The lowest BCUT2D eigenvalue weighted by molar-refractivity contribution is -0.136. The molecule has 3 saturated heterocycles.